The van der Waals surface area contributed by atoms with Gasteiger partial charge in [0.25, 0.3) is 0 Å². The van der Waals surface area contributed by atoms with Gasteiger partial charge in [0.05, 0.1) is 0 Å². The predicted octanol–water partition coefficient (Wildman–Crippen LogP) is 3.41. The minimum Gasteiger partial charge on any atom is -0.382 e. The molecule has 0 aromatic heterocycles. The van der Waals surface area contributed by atoms with E-state index in [9.17, 15) is 0 Å². The van der Waals surface area contributed by atoms with Crippen LogP contribution in [-0.4, -0.2) is 38.8 Å². The van der Waals surface area contributed by atoms with Gasteiger partial charge in [0.15, 0.2) is 5.96 Å². The molecule has 0 amide bonds. The quantitative estimate of drug-likeness (QED) is 0.242. The lowest BCUT2D eigenvalue weighted by Crippen LogP contribution is -2.37. The Bertz CT molecular complexity index is 223. The number of rotatable bonds is 11. The van der Waals surface area contributed by atoms with Gasteiger partial charge in [0.2, 0.25) is 0 Å². The maximum atomic E-state index is 5.30. The third-order valence-electron chi connectivity index (χ3n) is 2.77. The lowest BCUT2D eigenvalue weighted by Gasteiger charge is -2.11. The third-order valence-corrected chi connectivity index (χ3v) is 2.77. The second-order valence-electron chi connectivity index (χ2n) is 5.13. The van der Waals surface area contributed by atoms with Crippen LogP contribution in [0.1, 0.15) is 53.4 Å². The number of nitrogens with zero attached hydrogens (tertiary/aromatic N) is 1. The van der Waals surface area contributed by atoms with E-state index in [1.54, 1.807) is 0 Å². The zero-order chi connectivity index (χ0) is 14.3. The van der Waals surface area contributed by atoms with Crippen LogP contribution < -0.4 is 10.6 Å². The number of hydrogen-bond acceptors (Lipinski definition) is 2. The summed E-state index contributed by atoms with van der Waals surface area (Å²) in [5.41, 5.74) is 0. The molecule has 0 saturated heterocycles. The van der Waals surface area contributed by atoms with E-state index < -0.39 is 0 Å². The van der Waals surface area contributed by atoms with Crippen molar-refractivity contribution in [2.24, 2.45) is 10.9 Å². The summed E-state index contributed by atoms with van der Waals surface area (Å²) in [6, 6.07) is 0. The molecule has 0 rings (SSSR count). The van der Waals surface area contributed by atoms with Crippen LogP contribution in [0.3, 0.4) is 0 Å². The van der Waals surface area contributed by atoms with E-state index in [0.717, 1.165) is 51.1 Å². The van der Waals surface area contributed by atoms with Crippen LogP contribution >= 0.6 is 24.0 Å². The first-order chi connectivity index (χ1) is 9.20. The van der Waals surface area contributed by atoms with Crippen LogP contribution in [0.4, 0.5) is 0 Å². The molecule has 0 aromatic rings. The molecular weight excluding hydrogens is 365 g/mol. The molecule has 0 aliphatic heterocycles. The predicted molar refractivity (Wildman–Crippen MR) is 99.2 cm³/mol. The highest BCUT2D eigenvalue weighted by Crippen LogP contribution is 2.04. The zero-order valence-electron chi connectivity index (χ0n) is 13.7. The highest BCUT2D eigenvalue weighted by atomic mass is 127. The van der Waals surface area contributed by atoms with E-state index in [0.29, 0.717) is 0 Å². The number of hydrogen-bond donors (Lipinski definition) is 2. The van der Waals surface area contributed by atoms with E-state index in [2.05, 4.69) is 36.4 Å². The zero-order valence-corrected chi connectivity index (χ0v) is 16.0. The summed E-state index contributed by atoms with van der Waals surface area (Å²) in [7, 11) is 0. The van der Waals surface area contributed by atoms with Gasteiger partial charge in [-0.3, -0.25) is 4.99 Å². The molecule has 0 saturated carbocycles. The molecule has 122 valence electrons. The molecular formula is C15H34IN3O. The van der Waals surface area contributed by atoms with Crippen molar-refractivity contribution in [3.63, 3.8) is 0 Å². The summed E-state index contributed by atoms with van der Waals surface area (Å²) < 4.78 is 5.30. The van der Waals surface area contributed by atoms with Gasteiger partial charge in [-0.2, -0.15) is 0 Å². The Hall–Kier alpha value is -0.0400. The van der Waals surface area contributed by atoms with Gasteiger partial charge in [-0.1, -0.05) is 26.7 Å². The molecule has 0 spiro atoms. The number of halogens is 1. The standard InChI is InChI=1S/C15H33N3O.HI/c1-5-16-15(18-12-9-13-19-6-2)17-11-8-7-10-14(3)4;/h14H,5-13H2,1-4H3,(H2,16,17,18);1H. The van der Waals surface area contributed by atoms with Crippen molar-refractivity contribution in [2.75, 3.05) is 32.8 Å². The summed E-state index contributed by atoms with van der Waals surface area (Å²) >= 11 is 0. The number of aliphatic imine (C=N–C) groups is 1. The maximum Gasteiger partial charge on any atom is 0.191 e. The van der Waals surface area contributed by atoms with Gasteiger partial charge in [-0.15, -0.1) is 24.0 Å². The molecule has 0 aliphatic rings. The number of guanidine groups is 1. The fourth-order valence-corrected chi connectivity index (χ4v) is 1.73. The smallest absolute Gasteiger partial charge is 0.191 e. The lowest BCUT2D eigenvalue weighted by molar-refractivity contribution is 0.146. The summed E-state index contributed by atoms with van der Waals surface area (Å²) in [5.74, 6) is 1.74. The Morgan fingerprint density at radius 2 is 1.85 bits per heavy atom. The third kappa shape index (κ3) is 16.0. The normalized spacial score (nSPS) is 11.3. The van der Waals surface area contributed by atoms with E-state index in [1.807, 2.05) is 6.92 Å². The average molecular weight is 399 g/mol. The molecule has 4 nitrogen and oxygen atoms in total. The SMILES string of the molecule is CCNC(=NCCCOCC)NCCCCC(C)C.I. The molecule has 5 heteroatoms. The van der Waals surface area contributed by atoms with Gasteiger partial charge in [0, 0.05) is 32.8 Å². The molecule has 0 bridgehead atoms. The highest BCUT2D eigenvalue weighted by molar-refractivity contribution is 14.0. The second-order valence-corrected chi connectivity index (χ2v) is 5.13. The van der Waals surface area contributed by atoms with Crippen molar-refractivity contribution in [1.82, 2.24) is 10.6 Å². The highest BCUT2D eigenvalue weighted by Gasteiger charge is 1.97. The van der Waals surface area contributed by atoms with Crippen LogP contribution in [0.5, 0.6) is 0 Å². The molecule has 0 unspecified atom stereocenters. The first-order valence-electron chi connectivity index (χ1n) is 7.80. The van der Waals surface area contributed by atoms with Crippen molar-refractivity contribution in [2.45, 2.75) is 53.4 Å². The fraction of sp³-hybridized carbons (Fsp3) is 0.933. The van der Waals surface area contributed by atoms with E-state index in [4.69, 9.17) is 4.74 Å². The summed E-state index contributed by atoms with van der Waals surface area (Å²) in [6.07, 6.45) is 4.79. The van der Waals surface area contributed by atoms with E-state index in [1.165, 1.54) is 19.3 Å². The molecule has 0 heterocycles. The summed E-state index contributed by atoms with van der Waals surface area (Å²) in [5, 5.41) is 6.65. The number of unbranched alkanes of at least 4 members (excludes halogenated alkanes) is 1. The Balaban J connectivity index is 0. The van der Waals surface area contributed by atoms with Gasteiger partial charge < -0.3 is 15.4 Å². The van der Waals surface area contributed by atoms with Crippen molar-refractivity contribution < 1.29 is 4.74 Å². The van der Waals surface area contributed by atoms with E-state index in [-0.39, 0.29) is 24.0 Å². The van der Waals surface area contributed by atoms with Crippen LogP contribution in [0.15, 0.2) is 4.99 Å². The first kappa shape index (κ1) is 22.2. The summed E-state index contributed by atoms with van der Waals surface area (Å²) in [4.78, 5) is 4.53. The van der Waals surface area contributed by atoms with Gasteiger partial charge in [0.1, 0.15) is 0 Å². The molecule has 0 aliphatic carbocycles. The maximum absolute atomic E-state index is 5.30. The van der Waals surface area contributed by atoms with Crippen LogP contribution in [0.25, 0.3) is 0 Å². The van der Waals surface area contributed by atoms with Crippen molar-refractivity contribution in [3.8, 4) is 0 Å². The molecule has 0 aromatic carbocycles. The molecule has 0 fully saturated rings. The van der Waals surface area contributed by atoms with Crippen molar-refractivity contribution >= 4 is 29.9 Å². The summed E-state index contributed by atoms with van der Waals surface area (Å²) in [6.45, 7) is 13.0. The van der Waals surface area contributed by atoms with Gasteiger partial charge in [-0.25, -0.2) is 0 Å². The molecule has 2 N–H and O–H groups in total. The second kappa shape index (κ2) is 17.0. The Kier molecular flexibility index (Phi) is 18.9. The monoisotopic (exact) mass is 399 g/mol. The Morgan fingerprint density at radius 3 is 2.45 bits per heavy atom. The fourth-order valence-electron chi connectivity index (χ4n) is 1.73. The molecule has 0 atom stereocenters. The minimum atomic E-state index is 0. The minimum absolute atomic E-state index is 0. The average Bonchev–Trinajstić information content (AvgIpc) is 2.37. The van der Waals surface area contributed by atoms with E-state index >= 15 is 0 Å². The van der Waals surface area contributed by atoms with Gasteiger partial charge >= 0.3 is 0 Å². The molecule has 0 radical (unpaired) electrons. The molecule has 20 heavy (non-hydrogen) atoms. The van der Waals surface area contributed by atoms with Crippen LogP contribution in [0, 0.1) is 5.92 Å². The largest absolute Gasteiger partial charge is 0.382 e. The Labute approximate surface area is 142 Å². The Morgan fingerprint density at radius 1 is 1.10 bits per heavy atom. The van der Waals surface area contributed by atoms with Gasteiger partial charge in [-0.05, 0) is 32.6 Å². The first-order valence-corrected chi connectivity index (χ1v) is 7.80. The van der Waals surface area contributed by atoms with Crippen LogP contribution in [0.2, 0.25) is 0 Å². The topological polar surface area (TPSA) is 45.7 Å². The van der Waals surface area contributed by atoms with Crippen LogP contribution in [-0.2, 0) is 4.74 Å². The number of ether oxygens (including phenoxy) is 1. The van der Waals surface area contributed by atoms with Crippen molar-refractivity contribution in [3.05, 3.63) is 0 Å². The number of nitrogens with one attached hydrogen (secondary N) is 2. The lowest BCUT2D eigenvalue weighted by atomic mass is 10.1. The van der Waals surface area contributed by atoms with Crippen molar-refractivity contribution in [1.29, 1.82) is 0 Å².